The van der Waals surface area contributed by atoms with E-state index in [0.717, 1.165) is 17.7 Å². The van der Waals surface area contributed by atoms with Crippen LogP contribution in [0.2, 0.25) is 0 Å². The summed E-state index contributed by atoms with van der Waals surface area (Å²) in [6, 6.07) is 12.4. The molecule has 0 saturated carbocycles. The second kappa shape index (κ2) is 6.28. The number of benzene rings is 2. The summed E-state index contributed by atoms with van der Waals surface area (Å²) < 4.78 is 27.1. The van der Waals surface area contributed by atoms with Crippen molar-refractivity contribution in [2.45, 2.75) is 19.4 Å². The molecule has 2 aromatic carbocycles. The minimum atomic E-state index is -0.856. The molecule has 0 aliphatic heterocycles. The zero-order chi connectivity index (χ0) is 14.5. The molecule has 2 nitrogen and oxygen atoms in total. The van der Waals surface area contributed by atoms with E-state index in [9.17, 15) is 13.6 Å². The summed E-state index contributed by atoms with van der Waals surface area (Å²) in [4.78, 5) is 12.0. The van der Waals surface area contributed by atoms with E-state index >= 15 is 0 Å². The van der Waals surface area contributed by atoms with Crippen molar-refractivity contribution >= 4 is 5.91 Å². The molecule has 0 aliphatic carbocycles. The minimum absolute atomic E-state index is 0.275. The largest absolute Gasteiger partial charge is 0.345 e. The van der Waals surface area contributed by atoms with E-state index in [4.69, 9.17) is 0 Å². The summed E-state index contributed by atoms with van der Waals surface area (Å²) in [5.74, 6) is -2.45. The van der Waals surface area contributed by atoms with Gasteiger partial charge in [0.25, 0.3) is 5.91 Å². The third-order valence-electron chi connectivity index (χ3n) is 3.11. The molecule has 0 spiro atoms. The number of nitrogens with one attached hydrogen (secondary N) is 1. The minimum Gasteiger partial charge on any atom is -0.345 e. The van der Waals surface area contributed by atoms with Gasteiger partial charge < -0.3 is 5.32 Å². The Bertz CT molecular complexity index is 578. The van der Waals surface area contributed by atoms with E-state index in [1.165, 1.54) is 6.07 Å². The van der Waals surface area contributed by atoms with E-state index in [2.05, 4.69) is 5.32 Å². The van der Waals surface area contributed by atoms with Crippen LogP contribution in [0.25, 0.3) is 0 Å². The van der Waals surface area contributed by atoms with Crippen LogP contribution in [0.3, 0.4) is 0 Å². The predicted molar refractivity (Wildman–Crippen MR) is 73.3 cm³/mol. The lowest BCUT2D eigenvalue weighted by Gasteiger charge is -2.17. The van der Waals surface area contributed by atoms with Crippen LogP contribution in [-0.4, -0.2) is 5.91 Å². The molecule has 0 fully saturated rings. The number of hydrogen-bond acceptors (Lipinski definition) is 1. The molecule has 0 bridgehead atoms. The van der Waals surface area contributed by atoms with Gasteiger partial charge in [-0.15, -0.1) is 0 Å². The van der Waals surface area contributed by atoms with Gasteiger partial charge in [-0.25, -0.2) is 8.78 Å². The molecular formula is C16H15F2NO. The Hall–Kier alpha value is -2.23. The molecule has 0 radical (unpaired) electrons. The van der Waals surface area contributed by atoms with E-state index in [0.29, 0.717) is 6.42 Å². The van der Waals surface area contributed by atoms with Gasteiger partial charge in [0.1, 0.15) is 17.2 Å². The Morgan fingerprint density at radius 1 is 1.05 bits per heavy atom. The van der Waals surface area contributed by atoms with E-state index < -0.39 is 23.1 Å². The highest BCUT2D eigenvalue weighted by Crippen LogP contribution is 2.18. The summed E-state index contributed by atoms with van der Waals surface area (Å²) in [6.07, 6.45) is 0.631. The first kappa shape index (κ1) is 14.2. The van der Waals surface area contributed by atoms with Gasteiger partial charge in [0.2, 0.25) is 0 Å². The van der Waals surface area contributed by atoms with E-state index in [-0.39, 0.29) is 6.04 Å². The monoisotopic (exact) mass is 275 g/mol. The summed E-state index contributed by atoms with van der Waals surface area (Å²) in [7, 11) is 0. The van der Waals surface area contributed by atoms with Crippen molar-refractivity contribution in [3.8, 4) is 0 Å². The maximum absolute atomic E-state index is 13.6. The Morgan fingerprint density at radius 2 is 1.65 bits per heavy atom. The third-order valence-corrected chi connectivity index (χ3v) is 3.11. The fourth-order valence-corrected chi connectivity index (χ4v) is 2.05. The van der Waals surface area contributed by atoms with Crippen LogP contribution in [0, 0.1) is 11.6 Å². The molecule has 1 amide bonds. The van der Waals surface area contributed by atoms with Gasteiger partial charge in [-0.3, -0.25) is 4.79 Å². The molecule has 2 aromatic rings. The first-order chi connectivity index (χ1) is 9.63. The lowest BCUT2D eigenvalue weighted by molar-refractivity contribution is 0.0927. The SMILES string of the molecule is CC[C@H](NC(=O)c1c(F)cccc1F)c1ccccc1. The first-order valence-corrected chi connectivity index (χ1v) is 6.43. The van der Waals surface area contributed by atoms with Crippen LogP contribution in [0.4, 0.5) is 8.78 Å². The maximum atomic E-state index is 13.6. The fourth-order valence-electron chi connectivity index (χ4n) is 2.05. The second-order valence-corrected chi connectivity index (χ2v) is 4.44. The molecule has 1 N–H and O–H groups in total. The number of carbonyl (C=O) groups is 1. The topological polar surface area (TPSA) is 29.1 Å². The number of rotatable bonds is 4. The molecule has 0 heterocycles. The van der Waals surface area contributed by atoms with E-state index in [1.54, 1.807) is 0 Å². The molecule has 4 heteroatoms. The zero-order valence-corrected chi connectivity index (χ0v) is 11.1. The molecule has 20 heavy (non-hydrogen) atoms. The number of hydrogen-bond donors (Lipinski definition) is 1. The van der Waals surface area contributed by atoms with Crippen molar-refractivity contribution in [2.75, 3.05) is 0 Å². The Morgan fingerprint density at radius 3 is 2.20 bits per heavy atom. The molecular weight excluding hydrogens is 260 g/mol. The van der Waals surface area contributed by atoms with Crippen LogP contribution in [0.5, 0.6) is 0 Å². The highest BCUT2D eigenvalue weighted by atomic mass is 19.1. The van der Waals surface area contributed by atoms with Crippen molar-refractivity contribution in [1.29, 1.82) is 0 Å². The summed E-state index contributed by atoms with van der Waals surface area (Å²) in [6.45, 7) is 1.90. The van der Waals surface area contributed by atoms with Crippen molar-refractivity contribution in [3.05, 3.63) is 71.3 Å². The highest BCUT2D eigenvalue weighted by Gasteiger charge is 2.20. The van der Waals surface area contributed by atoms with Gasteiger partial charge in [0.05, 0.1) is 6.04 Å². The number of amides is 1. The summed E-state index contributed by atoms with van der Waals surface area (Å²) in [5, 5.41) is 2.66. The Balaban J connectivity index is 2.22. The summed E-state index contributed by atoms with van der Waals surface area (Å²) >= 11 is 0. The van der Waals surface area contributed by atoms with Gasteiger partial charge in [0.15, 0.2) is 0 Å². The number of halogens is 2. The Labute approximate surface area is 116 Å². The van der Waals surface area contributed by atoms with Crippen LogP contribution in [-0.2, 0) is 0 Å². The molecule has 0 saturated heterocycles. The predicted octanol–water partition coefficient (Wildman–Crippen LogP) is 3.85. The standard InChI is InChI=1S/C16H15F2NO/c1-2-14(11-7-4-3-5-8-11)19-16(20)15-12(17)9-6-10-13(15)18/h3-10,14H,2H2,1H3,(H,19,20)/t14-/m0/s1. The van der Waals surface area contributed by atoms with Gasteiger partial charge in [-0.2, -0.15) is 0 Å². The van der Waals surface area contributed by atoms with Crippen LogP contribution in [0.15, 0.2) is 48.5 Å². The van der Waals surface area contributed by atoms with Crippen molar-refractivity contribution < 1.29 is 13.6 Å². The molecule has 104 valence electrons. The fraction of sp³-hybridized carbons (Fsp3) is 0.188. The smallest absolute Gasteiger partial charge is 0.257 e. The van der Waals surface area contributed by atoms with Crippen molar-refractivity contribution in [2.24, 2.45) is 0 Å². The average molecular weight is 275 g/mol. The van der Waals surface area contributed by atoms with Crippen LogP contribution < -0.4 is 5.32 Å². The highest BCUT2D eigenvalue weighted by molar-refractivity contribution is 5.95. The lowest BCUT2D eigenvalue weighted by Crippen LogP contribution is -2.29. The zero-order valence-electron chi connectivity index (χ0n) is 11.1. The first-order valence-electron chi connectivity index (χ1n) is 6.43. The second-order valence-electron chi connectivity index (χ2n) is 4.44. The molecule has 2 rings (SSSR count). The molecule has 1 atom stereocenters. The maximum Gasteiger partial charge on any atom is 0.257 e. The van der Waals surface area contributed by atoms with Crippen molar-refractivity contribution in [1.82, 2.24) is 5.32 Å². The van der Waals surface area contributed by atoms with Gasteiger partial charge in [-0.1, -0.05) is 43.3 Å². The molecule has 0 aromatic heterocycles. The van der Waals surface area contributed by atoms with Gasteiger partial charge in [-0.05, 0) is 24.1 Å². The average Bonchev–Trinajstić information content (AvgIpc) is 2.45. The lowest BCUT2D eigenvalue weighted by atomic mass is 10.0. The van der Waals surface area contributed by atoms with Crippen LogP contribution in [0.1, 0.15) is 35.3 Å². The Kier molecular flexibility index (Phi) is 4.45. The molecule has 0 unspecified atom stereocenters. The van der Waals surface area contributed by atoms with Gasteiger partial charge in [0, 0.05) is 0 Å². The quantitative estimate of drug-likeness (QED) is 0.902. The number of carbonyl (C=O) groups excluding carboxylic acids is 1. The normalized spacial score (nSPS) is 11.9. The third kappa shape index (κ3) is 3.02. The van der Waals surface area contributed by atoms with Gasteiger partial charge >= 0.3 is 0 Å². The van der Waals surface area contributed by atoms with E-state index in [1.807, 2.05) is 37.3 Å². The molecule has 0 aliphatic rings. The van der Waals surface area contributed by atoms with Crippen molar-refractivity contribution in [3.63, 3.8) is 0 Å². The summed E-state index contributed by atoms with van der Waals surface area (Å²) in [5.41, 5.74) is 0.363. The van der Waals surface area contributed by atoms with Crippen LogP contribution >= 0.6 is 0 Å².